The monoisotopic (exact) mass is 217 g/mol. The molecule has 5 nitrogen and oxygen atoms in total. The average Bonchev–Trinajstić information content (AvgIpc) is 2.00. The number of esters is 1. The summed E-state index contributed by atoms with van der Waals surface area (Å²) in [6.07, 6.45) is 0.344. The summed E-state index contributed by atoms with van der Waals surface area (Å²) in [5.74, 6) is -0.483. The van der Waals surface area contributed by atoms with Crippen LogP contribution in [0.5, 0.6) is 0 Å². The van der Waals surface area contributed by atoms with Crippen LogP contribution in [0.2, 0.25) is 0 Å². The maximum absolute atomic E-state index is 11.1. The van der Waals surface area contributed by atoms with Gasteiger partial charge in [-0.25, -0.2) is 4.79 Å². The largest absolute Gasteiger partial charge is 0.457 e. The smallest absolute Gasteiger partial charge is 0.332 e. The van der Waals surface area contributed by atoms with Crippen molar-refractivity contribution in [2.75, 3.05) is 13.2 Å². The third-order valence-corrected chi connectivity index (χ3v) is 1.37. The second-order valence-electron chi connectivity index (χ2n) is 3.52. The van der Waals surface area contributed by atoms with Crippen LogP contribution < -0.4 is 5.73 Å². The number of hydrogen-bond donors (Lipinski definition) is 2. The molecule has 2 atom stereocenters. The van der Waals surface area contributed by atoms with E-state index in [2.05, 4.69) is 0 Å². The fourth-order valence-electron chi connectivity index (χ4n) is 0.857. The molecular weight excluding hydrogens is 198 g/mol. The molecule has 0 aliphatic rings. The molecule has 88 valence electrons. The van der Waals surface area contributed by atoms with Gasteiger partial charge in [-0.3, -0.25) is 0 Å². The van der Waals surface area contributed by atoms with Gasteiger partial charge in [0.05, 0.1) is 19.3 Å². The molecule has 0 aromatic heterocycles. The van der Waals surface area contributed by atoms with Crippen molar-refractivity contribution in [1.29, 1.82) is 0 Å². The number of carbonyl (C=O) groups is 1. The van der Waals surface area contributed by atoms with Gasteiger partial charge in [-0.15, -0.1) is 0 Å². The summed E-state index contributed by atoms with van der Waals surface area (Å²) in [7, 11) is 0. The summed E-state index contributed by atoms with van der Waals surface area (Å²) in [5, 5.41) is 8.91. The summed E-state index contributed by atoms with van der Waals surface area (Å²) < 4.78 is 10.0. The lowest BCUT2D eigenvalue weighted by Crippen LogP contribution is -2.22. The minimum atomic E-state index is -0.515. The summed E-state index contributed by atoms with van der Waals surface area (Å²) in [5.41, 5.74) is 5.70. The molecule has 0 radical (unpaired) electrons. The Bertz CT molecular complexity index is 221. The van der Waals surface area contributed by atoms with E-state index in [1.165, 1.54) is 6.08 Å². The number of nitrogens with two attached hydrogens (primary N) is 1. The van der Waals surface area contributed by atoms with Gasteiger partial charge >= 0.3 is 5.97 Å². The highest BCUT2D eigenvalue weighted by molar-refractivity contribution is 5.82. The van der Waals surface area contributed by atoms with Crippen molar-refractivity contribution in [3.05, 3.63) is 11.8 Å². The molecule has 0 aliphatic heterocycles. The summed E-state index contributed by atoms with van der Waals surface area (Å²) >= 11 is 0. The van der Waals surface area contributed by atoms with E-state index in [1.54, 1.807) is 20.8 Å². The first kappa shape index (κ1) is 13.9. The Morgan fingerprint density at radius 1 is 1.47 bits per heavy atom. The van der Waals surface area contributed by atoms with Crippen molar-refractivity contribution in [2.45, 2.75) is 33.0 Å². The van der Waals surface area contributed by atoms with Gasteiger partial charge in [-0.1, -0.05) is 0 Å². The summed E-state index contributed by atoms with van der Waals surface area (Å²) in [6.45, 7) is 5.43. The number of allylic oxidation sites excluding steroid dienone is 1. The Balaban J connectivity index is 3.69. The van der Waals surface area contributed by atoms with E-state index in [4.69, 9.17) is 20.3 Å². The lowest BCUT2D eigenvalue weighted by molar-refractivity contribution is -0.145. The first-order valence-electron chi connectivity index (χ1n) is 4.82. The van der Waals surface area contributed by atoms with Gasteiger partial charge < -0.3 is 20.3 Å². The zero-order valence-electron chi connectivity index (χ0n) is 9.40. The number of rotatable bonds is 6. The number of hydrogen-bond acceptors (Lipinski definition) is 5. The van der Waals surface area contributed by atoms with Crippen molar-refractivity contribution in [2.24, 2.45) is 5.73 Å². The maximum Gasteiger partial charge on any atom is 0.332 e. The topological polar surface area (TPSA) is 81.8 Å². The maximum atomic E-state index is 11.1. The quantitative estimate of drug-likeness (QED) is 0.490. The van der Waals surface area contributed by atoms with Crippen LogP contribution >= 0.6 is 0 Å². The summed E-state index contributed by atoms with van der Waals surface area (Å²) in [4.78, 5) is 11.1. The number of aliphatic hydroxyl groups is 1. The molecule has 0 heterocycles. The zero-order valence-corrected chi connectivity index (χ0v) is 9.40. The number of aliphatic hydroxyl groups excluding tert-OH is 1. The highest BCUT2D eigenvalue weighted by atomic mass is 16.6. The van der Waals surface area contributed by atoms with Crippen molar-refractivity contribution >= 4 is 5.97 Å². The van der Waals surface area contributed by atoms with Gasteiger partial charge in [-0.05, 0) is 20.8 Å². The highest BCUT2D eigenvalue weighted by Crippen LogP contribution is 1.96. The van der Waals surface area contributed by atoms with Gasteiger partial charge in [0.15, 0.2) is 0 Å². The van der Waals surface area contributed by atoms with E-state index < -0.39 is 12.1 Å². The zero-order chi connectivity index (χ0) is 11.8. The molecule has 0 aromatic rings. The van der Waals surface area contributed by atoms with Crippen LogP contribution in [0.1, 0.15) is 20.8 Å². The van der Waals surface area contributed by atoms with Crippen LogP contribution in [0.3, 0.4) is 0 Å². The minimum Gasteiger partial charge on any atom is -0.457 e. The van der Waals surface area contributed by atoms with Gasteiger partial charge in [-0.2, -0.15) is 0 Å². The van der Waals surface area contributed by atoms with Crippen LogP contribution in [0, 0.1) is 0 Å². The Morgan fingerprint density at radius 2 is 2.07 bits per heavy atom. The van der Waals surface area contributed by atoms with Crippen LogP contribution in [-0.2, 0) is 14.3 Å². The average molecular weight is 217 g/mol. The van der Waals surface area contributed by atoms with Gasteiger partial charge in [0.2, 0.25) is 0 Å². The lowest BCUT2D eigenvalue weighted by Gasteiger charge is -2.13. The van der Waals surface area contributed by atoms with Gasteiger partial charge in [0.25, 0.3) is 0 Å². The van der Waals surface area contributed by atoms with Crippen molar-refractivity contribution in [3.8, 4) is 0 Å². The van der Waals surface area contributed by atoms with Crippen LogP contribution in [-0.4, -0.2) is 36.5 Å². The third-order valence-electron chi connectivity index (χ3n) is 1.37. The molecule has 0 amide bonds. The highest BCUT2D eigenvalue weighted by Gasteiger charge is 2.07. The van der Waals surface area contributed by atoms with Crippen molar-refractivity contribution in [3.63, 3.8) is 0 Å². The molecule has 5 heteroatoms. The molecule has 15 heavy (non-hydrogen) atoms. The predicted octanol–water partition coefficient (Wildman–Crippen LogP) is 0.178. The second kappa shape index (κ2) is 7.25. The first-order valence-corrected chi connectivity index (χ1v) is 4.82. The van der Waals surface area contributed by atoms with Crippen LogP contribution in [0.15, 0.2) is 11.8 Å². The number of ether oxygens (including phenoxy) is 2. The van der Waals surface area contributed by atoms with E-state index in [9.17, 15) is 4.79 Å². The molecular formula is C10H19NO4. The molecule has 3 N–H and O–H groups in total. The Morgan fingerprint density at radius 3 is 2.53 bits per heavy atom. The molecule has 0 fully saturated rings. The summed E-state index contributed by atoms with van der Waals surface area (Å²) in [6, 6.07) is 0. The van der Waals surface area contributed by atoms with Crippen LogP contribution in [0.4, 0.5) is 0 Å². The van der Waals surface area contributed by atoms with Crippen LogP contribution in [0.25, 0.3) is 0 Å². The fourth-order valence-corrected chi connectivity index (χ4v) is 0.857. The predicted molar refractivity (Wildman–Crippen MR) is 56.0 cm³/mol. The van der Waals surface area contributed by atoms with Crippen molar-refractivity contribution < 1.29 is 19.4 Å². The van der Waals surface area contributed by atoms with E-state index in [1.807, 2.05) is 0 Å². The van der Waals surface area contributed by atoms with Gasteiger partial charge in [0, 0.05) is 11.8 Å². The standard InChI is InChI=1S/C10H19NO4/c1-7(11)4-10(13)15-9(3)6-14-5-8(2)12/h4,8-9,12H,5-6,11H2,1-3H3/b7-4-. The Labute approximate surface area is 89.9 Å². The van der Waals surface area contributed by atoms with E-state index in [-0.39, 0.29) is 19.3 Å². The SMILES string of the molecule is C/C(N)=C/C(=O)OC(C)COCC(C)O. The van der Waals surface area contributed by atoms with E-state index >= 15 is 0 Å². The van der Waals surface area contributed by atoms with E-state index in [0.29, 0.717) is 5.70 Å². The Kier molecular flexibility index (Phi) is 6.73. The third kappa shape index (κ3) is 9.24. The van der Waals surface area contributed by atoms with Gasteiger partial charge in [0.1, 0.15) is 6.10 Å². The Hall–Kier alpha value is -1.07. The fraction of sp³-hybridized carbons (Fsp3) is 0.700. The molecule has 0 spiro atoms. The molecule has 0 saturated heterocycles. The lowest BCUT2D eigenvalue weighted by atomic mass is 10.4. The van der Waals surface area contributed by atoms with Crippen molar-refractivity contribution in [1.82, 2.24) is 0 Å². The molecule has 0 aliphatic carbocycles. The molecule has 0 aromatic carbocycles. The normalized spacial score (nSPS) is 15.9. The first-order chi connectivity index (χ1) is 6.91. The second-order valence-corrected chi connectivity index (χ2v) is 3.52. The molecule has 2 unspecified atom stereocenters. The molecule has 0 saturated carbocycles. The minimum absolute atomic E-state index is 0.230. The molecule has 0 bridgehead atoms. The van der Waals surface area contributed by atoms with E-state index in [0.717, 1.165) is 0 Å². The molecule has 0 rings (SSSR count). The number of carbonyl (C=O) groups excluding carboxylic acids is 1.